The zero-order chi connectivity index (χ0) is 14.1. The van der Waals surface area contributed by atoms with Crippen molar-refractivity contribution in [3.8, 4) is 0 Å². The summed E-state index contributed by atoms with van der Waals surface area (Å²) in [5.41, 5.74) is 1.43. The average molecular weight is 262 g/mol. The number of nitrogens with zero attached hydrogens (tertiary/aromatic N) is 1. The van der Waals surface area contributed by atoms with Crippen LogP contribution in [0.25, 0.3) is 0 Å². The Kier molecular flexibility index (Phi) is 7.76. The van der Waals surface area contributed by atoms with Crippen LogP contribution in [-0.2, 0) is 6.42 Å². The van der Waals surface area contributed by atoms with E-state index in [1.165, 1.54) is 12.0 Å². The molecule has 0 aliphatic heterocycles. The van der Waals surface area contributed by atoms with E-state index in [2.05, 4.69) is 68.4 Å². The van der Waals surface area contributed by atoms with Crippen LogP contribution in [0.5, 0.6) is 0 Å². The molecule has 2 unspecified atom stereocenters. The Balaban J connectivity index is 2.29. The molecule has 2 nitrogen and oxygen atoms in total. The van der Waals surface area contributed by atoms with Gasteiger partial charge in [0, 0.05) is 12.6 Å². The van der Waals surface area contributed by atoms with Crippen LogP contribution in [0, 0.1) is 5.92 Å². The summed E-state index contributed by atoms with van der Waals surface area (Å²) in [6, 6.07) is 11.4. The summed E-state index contributed by atoms with van der Waals surface area (Å²) in [7, 11) is 2.24. The van der Waals surface area contributed by atoms with Gasteiger partial charge in [-0.05, 0) is 51.4 Å². The fourth-order valence-electron chi connectivity index (χ4n) is 2.27. The number of rotatable bonds is 9. The highest BCUT2D eigenvalue weighted by molar-refractivity contribution is 5.14. The van der Waals surface area contributed by atoms with E-state index in [-0.39, 0.29) is 0 Å². The van der Waals surface area contributed by atoms with E-state index in [9.17, 15) is 0 Å². The Hall–Kier alpha value is -0.860. The lowest BCUT2D eigenvalue weighted by atomic mass is 10.0. The van der Waals surface area contributed by atoms with Crippen molar-refractivity contribution < 1.29 is 0 Å². The summed E-state index contributed by atoms with van der Waals surface area (Å²) in [5, 5.41) is 3.52. The van der Waals surface area contributed by atoms with Gasteiger partial charge in [-0.15, -0.1) is 0 Å². The molecule has 0 saturated carbocycles. The lowest BCUT2D eigenvalue weighted by Crippen LogP contribution is -2.40. The molecule has 0 heterocycles. The number of nitrogens with one attached hydrogen (secondary N) is 1. The minimum absolute atomic E-state index is 0.619. The van der Waals surface area contributed by atoms with Crippen molar-refractivity contribution in [3.05, 3.63) is 35.9 Å². The number of hydrogen-bond acceptors (Lipinski definition) is 2. The quantitative estimate of drug-likeness (QED) is 0.688. The van der Waals surface area contributed by atoms with Gasteiger partial charge in [0.25, 0.3) is 0 Å². The molecule has 0 spiro atoms. The first-order chi connectivity index (χ1) is 9.15. The molecule has 1 rings (SSSR count). The van der Waals surface area contributed by atoms with Gasteiger partial charge in [-0.25, -0.2) is 0 Å². The zero-order valence-electron chi connectivity index (χ0n) is 13.0. The van der Waals surface area contributed by atoms with Crippen LogP contribution in [0.2, 0.25) is 0 Å². The Bertz CT molecular complexity index is 323. The summed E-state index contributed by atoms with van der Waals surface area (Å²) in [6.45, 7) is 10.3. The minimum atomic E-state index is 0.619. The predicted molar refractivity (Wildman–Crippen MR) is 84.6 cm³/mol. The molecule has 2 atom stereocenters. The monoisotopic (exact) mass is 262 g/mol. The van der Waals surface area contributed by atoms with Gasteiger partial charge in [-0.1, -0.05) is 44.2 Å². The lowest BCUT2D eigenvalue weighted by molar-refractivity contribution is 0.198. The standard InChI is InChI=1S/C17H30N2/c1-5-12-18-14-15(2)16(3)19(4)13-11-17-9-7-6-8-10-17/h6-10,15-16,18H,5,11-14H2,1-4H3. The fourth-order valence-corrected chi connectivity index (χ4v) is 2.27. The van der Waals surface area contributed by atoms with Crippen molar-refractivity contribution in [3.63, 3.8) is 0 Å². The van der Waals surface area contributed by atoms with Crippen molar-refractivity contribution >= 4 is 0 Å². The van der Waals surface area contributed by atoms with E-state index >= 15 is 0 Å². The second kappa shape index (κ2) is 9.11. The third-order valence-electron chi connectivity index (χ3n) is 4.01. The van der Waals surface area contributed by atoms with Crippen LogP contribution in [0.4, 0.5) is 0 Å². The van der Waals surface area contributed by atoms with Crippen LogP contribution in [-0.4, -0.2) is 37.6 Å². The van der Waals surface area contributed by atoms with E-state index in [0.717, 1.165) is 26.1 Å². The molecule has 19 heavy (non-hydrogen) atoms. The predicted octanol–water partition coefficient (Wildman–Crippen LogP) is 3.19. The van der Waals surface area contributed by atoms with Crippen molar-refractivity contribution in [1.29, 1.82) is 0 Å². The lowest BCUT2D eigenvalue weighted by Gasteiger charge is -2.30. The molecule has 1 N–H and O–H groups in total. The minimum Gasteiger partial charge on any atom is -0.316 e. The Morgan fingerprint density at radius 1 is 1.16 bits per heavy atom. The maximum Gasteiger partial charge on any atom is 0.0102 e. The highest BCUT2D eigenvalue weighted by Crippen LogP contribution is 2.10. The molecule has 1 aromatic rings. The molecule has 0 radical (unpaired) electrons. The zero-order valence-corrected chi connectivity index (χ0v) is 13.0. The molecule has 0 fully saturated rings. The molecule has 0 aliphatic rings. The van der Waals surface area contributed by atoms with Gasteiger partial charge in [-0.3, -0.25) is 0 Å². The summed E-state index contributed by atoms with van der Waals surface area (Å²) in [6.07, 6.45) is 2.35. The molecule has 0 bridgehead atoms. The van der Waals surface area contributed by atoms with Gasteiger partial charge in [0.15, 0.2) is 0 Å². The van der Waals surface area contributed by atoms with Gasteiger partial charge in [-0.2, -0.15) is 0 Å². The molecule has 2 heteroatoms. The molecule has 0 amide bonds. The Morgan fingerprint density at radius 3 is 2.47 bits per heavy atom. The molecule has 108 valence electrons. The van der Waals surface area contributed by atoms with E-state index in [0.29, 0.717) is 12.0 Å². The van der Waals surface area contributed by atoms with Gasteiger partial charge < -0.3 is 10.2 Å². The average Bonchev–Trinajstić information content (AvgIpc) is 2.45. The largest absolute Gasteiger partial charge is 0.316 e. The molecule has 0 aromatic heterocycles. The summed E-state index contributed by atoms with van der Waals surface area (Å²) in [4.78, 5) is 2.48. The maximum absolute atomic E-state index is 3.52. The molecular formula is C17H30N2. The Morgan fingerprint density at radius 2 is 1.84 bits per heavy atom. The Labute approximate surface area is 119 Å². The first kappa shape index (κ1) is 16.2. The van der Waals surface area contributed by atoms with Gasteiger partial charge >= 0.3 is 0 Å². The maximum atomic E-state index is 3.52. The van der Waals surface area contributed by atoms with Gasteiger partial charge in [0.2, 0.25) is 0 Å². The normalized spacial score (nSPS) is 14.6. The first-order valence-electron chi connectivity index (χ1n) is 7.60. The SMILES string of the molecule is CCCNCC(C)C(C)N(C)CCc1ccccc1. The number of benzene rings is 1. The smallest absolute Gasteiger partial charge is 0.0102 e. The number of likely N-dealkylation sites (N-methyl/N-ethyl adjacent to an activating group) is 1. The third-order valence-corrected chi connectivity index (χ3v) is 4.01. The van der Waals surface area contributed by atoms with E-state index in [1.54, 1.807) is 0 Å². The molecule has 0 saturated heterocycles. The van der Waals surface area contributed by atoms with Crippen LogP contribution in [0.15, 0.2) is 30.3 Å². The van der Waals surface area contributed by atoms with Crippen molar-refractivity contribution in [2.45, 2.75) is 39.7 Å². The van der Waals surface area contributed by atoms with Crippen molar-refractivity contribution in [1.82, 2.24) is 10.2 Å². The highest BCUT2D eigenvalue weighted by atomic mass is 15.1. The summed E-state index contributed by atoms with van der Waals surface area (Å²) >= 11 is 0. The van der Waals surface area contributed by atoms with E-state index < -0.39 is 0 Å². The second-order valence-electron chi connectivity index (χ2n) is 5.64. The summed E-state index contributed by atoms with van der Waals surface area (Å²) in [5.74, 6) is 0.687. The molecule has 1 aromatic carbocycles. The first-order valence-corrected chi connectivity index (χ1v) is 7.60. The van der Waals surface area contributed by atoms with Gasteiger partial charge in [0.05, 0.1) is 0 Å². The van der Waals surface area contributed by atoms with Gasteiger partial charge in [0.1, 0.15) is 0 Å². The van der Waals surface area contributed by atoms with Crippen LogP contribution in [0.3, 0.4) is 0 Å². The number of hydrogen-bond donors (Lipinski definition) is 1. The molecular weight excluding hydrogens is 232 g/mol. The molecule has 0 aliphatic carbocycles. The topological polar surface area (TPSA) is 15.3 Å². The van der Waals surface area contributed by atoms with E-state index in [4.69, 9.17) is 0 Å². The second-order valence-corrected chi connectivity index (χ2v) is 5.64. The van der Waals surface area contributed by atoms with E-state index in [1.807, 2.05) is 0 Å². The fraction of sp³-hybridized carbons (Fsp3) is 0.647. The third kappa shape index (κ3) is 6.22. The van der Waals surface area contributed by atoms with Crippen LogP contribution >= 0.6 is 0 Å². The van der Waals surface area contributed by atoms with Crippen molar-refractivity contribution in [2.24, 2.45) is 5.92 Å². The summed E-state index contributed by atoms with van der Waals surface area (Å²) < 4.78 is 0. The highest BCUT2D eigenvalue weighted by Gasteiger charge is 2.16. The van der Waals surface area contributed by atoms with Crippen LogP contribution in [0.1, 0.15) is 32.8 Å². The van der Waals surface area contributed by atoms with Crippen molar-refractivity contribution in [2.75, 3.05) is 26.7 Å². The van der Waals surface area contributed by atoms with Crippen LogP contribution < -0.4 is 5.32 Å².